The first-order chi connectivity index (χ1) is 20.6. The lowest BCUT2D eigenvalue weighted by atomic mass is 9.75. The van der Waals surface area contributed by atoms with Crippen molar-refractivity contribution in [1.82, 2.24) is 5.32 Å². The standard InChI is InChI=1S/C31H22F8N2O3/c32-25-15-23(14-24(16-25)31(37,38)39)29(26(33)19-7-2-1-3-8-19,21-10-4-6-18(12-21)17-44-28(40)43)41-27(42)20-9-5-11-22(13-20)30(34,35)36/h1-16,26H,17H2,(H2,40,43)(H,41,42)/t26-,29-/m1/s1. The number of nitrogens with one attached hydrogen (secondary N) is 1. The van der Waals surface area contributed by atoms with Gasteiger partial charge in [0.2, 0.25) is 0 Å². The first-order valence-corrected chi connectivity index (χ1v) is 12.7. The zero-order valence-corrected chi connectivity index (χ0v) is 22.3. The summed E-state index contributed by atoms with van der Waals surface area (Å²) in [6.07, 6.45) is -13.6. The average Bonchev–Trinajstić information content (AvgIpc) is 2.98. The van der Waals surface area contributed by atoms with Gasteiger partial charge in [-0.3, -0.25) is 4.79 Å². The molecule has 0 radical (unpaired) electrons. The molecule has 0 unspecified atom stereocenters. The highest BCUT2D eigenvalue weighted by atomic mass is 19.4. The molecule has 13 heteroatoms. The minimum absolute atomic E-state index is 0.145. The quantitative estimate of drug-likeness (QED) is 0.197. The highest BCUT2D eigenvalue weighted by Crippen LogP contribution is 2.46. The molecule has 0 saturated heterocycles. The SMILES string of the molecule is NC(=O)OCc1cccc([C@@](NC(=O)c2cccc(C(F)(F)F)c2)(c2cc(F)cc(C(F)(F)F)c2)[C@H](F)c2ccccc2)c1. The Balaban J connectivity index is 2.04. The van der Waals surface area contributed by atoms with E-state index in [0.717, 1.165) is 12.1 Å². The molecule has 44 heavy (non-hydrogen) atoms. The van der Waals surface area contributed by atoms with E-state index >= 15 is 4.39 Å². The molecule has 3 N–H and O–H groups in total. The smallest absolute Gasteiger partial charge is 0.416 e. The number of alkyl halides is 7. The third kappa shape index (κ3) is 6.99. The van der Waals surface area contributed by atoms with E-state index in [0.29, 0.717) is 24.3 Å². The van der Waals surface area contributed by atoms with Crippen LogP contribution in [-0.4, -0.2) is 12.0 Å². The molecule has 0 aromatic heterocycles. The predicted molar refractivity (Wildman–Crippen MR) is 142 cm³/mol. The number of halogens is 8. The van der Waals surface area contributed by atoms with Gasteiger partial charge in [0.25, 0.3) is 5.91 Å². The van der Waals surface area contributed by atoms with Crippen molar-refractivity contribution in [2.45, 2.75) is 30.7 Å². The maximum absolute atomic E-state index is 17.1. The summed E-state index contributed by atoms with van der Waals surface area (Å²) in [6, 6.07) is 16.3. The Morgan fingerprint density at radius 1 is 0.727 bits per heavy atom. The molecular formula is C31H22F8N2O3. The van der Waals surface area contributed by atoms with Crippen molar-refractivity contribution in [3.05, 3.63) is 142 Å². The van der Waals surface area contributed by atoms with Crippen molar-refractivity contribution < 1.29 is 49.4 Å². The monoisotopic (exact) mass is 622 g/mol. The Labute approximate surface area is 245 Å². The summed E-state index contributed by atoms with van der Waals surface area (Å²) in [4.78, 5) is 24.8. The fourth-order valence-corrected chi connectivity index (χ4v) is 4.67. The van der Waals surface area contributed by atoms with E-state index < -0.39 is 70.7 Å². The van der Waals surface area contributed by atoms with E-state index in [4.69, 9.17) is 10.5 Å². The summed E-state index contributed by atoms with van der Waals surface area (Å²) >= 11 is 0. The molecular weight excluding hydrogens is 600 g/mol. The van der Waals surface area contributed by atoms with Crippen molar-refractivity contribution in [3.63, 3.8) is 0 Å². The van der Waals surface area contributed by atoms with Gasteiger partial charge in [-0.25, -0.2) is 13.6 Å². The lowest BCUT2D eigenvalue weighted by Gasteiger charge is -2.39. The number of primary amides is 1. The Morgan fingerprint density at radius 3 is 1.98 bits per heavy atom. The van der Waals surface area contributed by atoms with Crippen LogP contribution in [0.3, 0.4) is 0 Å². The third-order valence-electron chi connectivity index (χ3n) is 6.68. The molecule has 230 valence electrons. The summed E-state index contributed by atoms with van der Waals surface area (Å²) in [5.41, 5.74) is -1.99. The number of carbonyl (C=O) groups excluding carboxylic acids is 2. The number of rotatable bonds is 8. The van der Waals surface area contributed by atoms with Crippen LogP contribution < -0.4 is 11.1 Å². The van der Waals surface area contributed by atoms with Crippen LogP contribution in [0.4, 0.5) is 39.9 Å². The second kappa shape index (κ2) is 12.3. The van der Waals surface area contributed by atoms with Gasteiger partial charge >= 0.3 is 18.4 Å². The van der Waals surface area contributed by atoms with Crippen molar-refractivity contribution in [2.75, 3.05) is 0 Å². The number of benzene rings is 4. The molecule has 0 spiro atoms. The zero-order valence-electron chi connectivity index (χ0n) is 22.3. The van der Waals surface area contributed by atoms with Gasteiger partial charge in [0, 0.05) is 5.56 Å². The van der Waals surface area contributed by atoms with Gasteiger partial charge < -0.3 is 15.8 Å². The Kier molecular flexibility index (Phi) is 8.98. The van der Waals surface area contributed by atoms with Crippen LogP contribution in [0.2, 0.25) is 0 Å². The Hall–Kier alpha value is -4.94. The van der Waals surface area contributed by atoms with Crippen LogP contribution in [0.25, 0.3) is 0 Å². The van der Waals surface area contributed by atoms with Crippen LogP contribution in [0.5, 0.6) is 0 Å². The molecule has 0 aliphatic rings. The van der Waals surface area contributed by atoms with Gasteiger partial charge in [-0.2, -0.15) is 26.3 Å². The normalized spacial score (nSPS) is 13.9. The van der Waals surface area contributed by atoms with Gasteiger partial charge in [-0.1, -0.05) is 54.6 Å². The number of hydrogen-bond acceptors (Lipinski definition) is 3. The van der Waals surface area contributed by atoms with Crippen LogP contribution in [0.1, 0.15) is 49.9 Å². The van der Waals surface area contributed by atoms with Crippen LogP contribution >= 0.6 is 0 Å². The lowest BCUT2D eigenvalue weighted by Crippen LogP contribution is -2.50. The summed E-state index contributed by atoms with van der Waals surface area (Å²) in [5, 5.41) is 2.31. The molecule has 0 saturated carbocycles. The third-order valence-corrected chi connectivity index (χ3v) is 6.68. The minimum Gasteiger partial charge on any atom is -0.445 e. The molecule has 4 rings (SSSR count). The van der Waals surface area contributed by atoms with Crippen LogP contribution in [0, 0.1) is 5.82 Å². The molecule has 0 fully saturated rings. The van der Waals surface area contributed by atoms with Crippen molar-refractivity contribution >= 4 is 12.0 Å². The zero-order chi connectivity index (χ0) is 32.3. The van der Waals surface area contributed by atoms with Crippen LogP contribution in [0.15, 0.2) is 97.1 Å². The Bertz CT molecular complexity index is 1660. The number of carbonyl (C=O) groups is 2. The van der Waals surface area contributed by atoms with Gasteiger partial charge in [0.1, 0.15) is 18.0 Å². The molecule has 0 bridgehead atoms. The summed E-state index contributed by atoms with van der Waals surface area (Å²) < 4.78 is 119. The summed E-state index contributed by atoms with van der Waals surface area (Å²) in [5.74, 6) is -2.74. The van der Waals surface area contributed by atoms with Crippen molar-refractivity contribution in [2.24, 2.45) is 5.73 Å². The van der Waals surface area contributed by atoms with E-state index in [9.17, 15) is 40.3 Å². The molecule has 0 aliphatic heterocycles. The fraction of sp³-hybridized carbons (Fsp3) is 0.161. The highest BCUT2D eigenvalue weighted by Gasteiger charge is 2.47. The average molecular weight is 623 g/mol. The number of amides is 2. The van der Waals surface area contributed by atoms with Gasteiger partial charge in [0.05, 0.1) is 11.1 Å². The van der Waals surface area contributed by atoms with E-state index in [1.54, 1.807) is 0 Å². The molecule has 0 heterocycles. The lowest BCUT2D eigenvalue weighted by molar-refractivity contribution is -0.138. The predicted octanol–water partition coefficient (Wildman–Crippen LogP) is 7.84. The summed E-state index contributed by atoms with van der Waals surface area (Å²) in [6.45, 7) is -0.472. The van der Waals surface area contributed by atoms with Crippen molar-refractivity contribution in [3.8, 4) is 0 Å². The first-order valence-electron chi connectivity index (χ1n) is 12.7. The van der Waals surface area contributed by atoms with Crippen LogP contribution in [-0.2, 0) is 29.2 Å². The minimum atomic E-state index is -5.11. The first kappa shape index (κ1) is 32.0. The molecule has 5 nitrogen and oxygen atoms in total. The molecule has 2 amide bonds. The van der Waals surface area contributed by atoms with Gasteiger partial charge in [0.15, 0.2) is 6.17 Å². The Morgan fingerprint density at radius 2 is 1.34 bits per heavy atom. The maximum atomic E-state index is 17.1. The number of ether oxygens (including phenoxy) is 1. The largest absolute Gasteiger partial charge is 0.445 e. The topological polar surface area (TPSA) is 81.4 Å². The number of nitrogens with two attached hydrogens (primary N) is 1. The highest BCUT2D eigenvalue weighted by molar-refractivity contribution is 5.95. The van der Waals surface area contributed by atoms with E-state index in [1.807, 2.05) is 0 Å². The molecule has 2 atom stereocenters. The second-order valence-electron chi connectivity index (χ2n) is 9.65. The summed E-state index contributed by atoms with van der Waals surface area (Å²) in [7, 11) is 0. The van der Waals surface area contributed by atoms with Gasteiger partial charge in [-0.15, -0.1) is 0 Å². The molecule has 4 aromatic rings. The maximum Gasteiger partial charge on any atom is 0.416 e. The number of hydrogen-bond donors (Lipinski definition) is 2. The second-order valence-corrected chi connectivity index (χ2v) is 9.65. The van der Waals surface area contributed by atoms with Gasteiger partial charge in [-0.05, 0) is 64.7 Å². The van der Waals surface area contributed by atoms with Crippen molar-refractivity contribution in [1.29, 1.82) is 0 Å². The van der Waals surface area contributed by atoms with E-state index in [-0.39, 0.29) is 22.8 Å². The van der Waals surface area contributed by atoms with E-state index in [1.165, 1.54) is 54.6 Å². The van der Waals surface area contributed by atoms with E-state index in [2.05, 4.69) is 5.32 Å². The molecule has 4 aromatic carbocycles. The fourth-order valence-electron chi connectivity index (χ4n) is 4.67. The molecule has 0 aliphatic carbocycles.